The Bertz CT molecular complexity index is 1370. The molecule has 0 bridgehead atoms. The van der Waals surface area contributed by atoms with E-state index in [-0.39, 0.29) is 0 Å². The van der Waals surface area contributed by atoms with E-state index in [4.69, 9.17) is 11.6 Å². The van der Waals surface area contributed by atoms with Gasteiger partial charge >= 0.3 is 0 Å². The second-order valence-electron chi connectivity index (χ2n) is 8.29. The van der Waals surface area contributed by atoms with Crippen LogP contribution in [0.2, 0.25) is 5.02 Å². The summed E-state index contributed by atoms with van der Waals surface area (Å²) in [5, 5.41) is 6.56. The molecule has 0 spiro atoms. The number of fused-ring (bicyclic) bond motifs is 3. The smallest absolute Gasteiger partial charge is 0.0843 e. The van der Waals surface area contributed by atoms with Crippen molar-refractivity contribution in [2.24, 2.45) is 0 Å². The Morgan fingerprint density at radius 3 is 1.62 bits per heavy atom. The third kappa shape index (κ3) is 2.82. The van der Waals surface area contributed by atoms with Crippen LogP contribution in [0.15, 0.2) is 127 Å². The summed E-state index contributed by atoms with van der Waals surface area (Å²) in [6.45, 7) is 0. The first-order valence-electron chi connectivity index (χ1n) is 10.9. The van der Waals surface area contributed by atoms with Crippen molar-refractivity contribution in [2.75, 3.05) is 0 Å². The van der Waals surface area contributed by atoms with E-state index in [1.807, 2.05) is 12.1 Å². The van der Waals surface area contributed by atoms with Gasteiger partial charge in [0.05, 0.1) is 0 Å². The summed E-state index contributed by atoms with van der Waals surface area (Å²) < 4.78 is 0. The molecule has 0 amide bonds. The molecule has 2 heteroatoms. The van der Waals surface area contributed by atoms with Crippen LogP contribution in [0.1, 0.15) is 0 Å². The lowest BCUT2D eigenvalue weighted by Crippen LogP contribution is -2.72. The van der Waals surface area contributed by atoms with Gasteiger partial charge in [0.1, 0.15) is 0 Å². The van der Waals surface area contributed by atoms with Crippen molar-refractivity contribution in [1.29, 1.82) is 0 Å². The molecule has 0 N–H and O–H groups in total. The van der Waals surface area contributed by atoms with Gasteiger partial charge in [0, 0.05) is 5.02 Å². The molecule has 6 rings (SSSR count). The molecule has 0 nitrogen and oxygen atoms in total. The molecule has 0 fully saturated rings. The van der Waals surface area contributed by atoms with Crippen molar-refractivity contribution in [1.82, 2.24) is 0 Å². The van der Waals surface area contributed by atoms with Gasteiger partial charge in [-0.15, -0.1) is 0 Å². The monoisotopic (exact) mass is 444 g/mol. The van der Waals surface area contributed by atoms with Gasteiger partial charge in [-0.25, -0.2) is 0 Å². The van der Waals surface area contributed by atoms with E-state index in [1.165, 1.54) is 43.0 Å². The maximum Gasteiger partial charge on any atom is 0.180 e. The molecule has 5 aromatic carbocycles. The minimum atomic E-state index is -2.38. The Hall–Kier alpha value is -3.39. The molecule has 1 aliphatic heterocycles. The summed E-state index contributed by atoms with van der Waals surface area (Å²) in [5.74, 6) is 0. The first-order chi connectivity index (χ1) is 15.8. The molecular weight excluding hydrogens is 424 g/mol. The molecule has 1 aliphatic rings. The van der Waals surface area contributed by atoms with Gasteiger partial charge in [-0.2, -0.15) is 0 Å². The number of hydrogen-bond acceptors (Lipinski definition) is 0. The first kappa shape index (κ1) is 19.3. The highest BCUT2D eigenvalue weighted by Gasteiger charge is 2.48. The molecule has 152 valence electrons. The van der Waals surface area contributed by atoms with Crippen LogP contribution >= 0.6 is 11.6 Å². The molecule has 0 aliphatic carbocycles. The van der Waals surface area contributed by atoms with Crippen molar-refractivity contribution in [3.63, 3.8) is 0 Å². The molecule has 0 aromatic heterocycles. The predicted octanol–water partition coefficient (Wildman–Crippen LogP) is 5.36. The first-order valence-corrected chi connectivity index (χ1v) is 13.3. The average Bonchev–Trinajstić information content (AvgIpc) is 3.16. The fourth-order valence-corrected chi connectivity index (χ4v) is 10.6. The fourth-order valence-electron chi connectivity index (χ4n) is 5.27. The molecule has 1 heterocycles. The fraction of sp³-hybridized carbons (Fsp3) is 0. The van der Waals surface area contributed by atoms with Gasteiger partial charge in [0.2, 0.25) is 0 Å². The van der Waals surface area contributed by atoms with Crippen LogP contribution in [-0.2, 0) is 0 Å². The van der Waals surface area contributed by atoms with E-state index in [1.54, 1.807) is 0 Å². The van der Waals surface area contributed by atoms with Gasteiger partial charge in [0.15, 0.2) is 8.07 Å². The van der Waals surface area contributed by atoms with Crippen LogP contribution in [0, 0.1) is 0 Å². The quantitative estimate of drug-likeness (QED) is 0.322. The third-order valence-electron chi connectivity index (χ3n) is 6.64. The highest BCUT2D eigenvalue weighted by atomic mass is 35.5. The zero-order chi connectivity index (χ0) is 21.5. The molecule has 0 unspecified atom stereocenters. The second-order valence-corrected chi connectivity index (χ2v) is 12.5. The molecule has 0 atom stereocenters. The Morgan fingerprint density at radius 1 is 0.438 bits per heavy atom. The summed E-state index contributed by atoms with van der Waals surface area (Å²) in [7, 11) is -2.38. The van der Waals surface area contributed by atoms with Crippen molar-refractivity contribution >= 4 is 40.4 Å². The van der Waals surface area contributed by atoms with E-state index in [0.717, 1.165) is 5.02 Å². The van der Waals surface area contributed by atoms with Crippen molar-refractivity contribution in [3.05, 3.63) is 132 Å². The summed E-state index contributed by atoms with van der Waals surface area (Å²) in [6.07, 6.45) is 0. The number of halogens is 1. The number of benzene rings is 5. The topological polar surface area (TPSA) is 0 Å². The number of hydrogen-bond donors (Lipinski definition) is 0. The van der Waals surface area contributed by atoms with Crippen molar-refractivity contribution < 1.29 is 0 Å². The molecule has 0 saturated carbocycles. The minimum Gasteiger partial charge on any atom is -0.0843 e. The van der Waals surface area contributed by atoms with Gasteiger partial charge in [-0.1, -0.05) is 121 Å². The van der Waals surface area contributed by atoms with Crippen LogP contribution in [0.4, 0.5) is 0 Å². The predicted molar refractivity (Wildman–Crippen MR) is 139 cm³/mol. The standard InChI is InChI=1S/C30H21ClSi/c31-24-18-15-22(16-19-24)23-17-20-30-28(21-23)27-13-7-8-14-29(27)32(30,25-9-3-1-4-10-25)26-11-5-2-6-12-26/h1-21H. The molecule has 0 saturated heterocycles. The maximum absolute atomic E-state index is 6.14. The van der Waals surface area contributed by atoms with Gasteiger partial charge < -0.3 is 0 Å². The summed E-state index contributed by atoms with van der Waals surface area (Å²) >= 11 is 6.14. The lowest BCUT2D eigenvalue weighted by atomic mass is 9.99. The van der Waals surface area contributed by atoms with E-state index in [0.29, 0.717) is 0 Å². The Morgan fingerprint density at radius 2 is 0.969 bits per heavy atom. The van der Waals surface area contributed by atoms with Crippen molar-refractivity contribution in [2.45, 2.75) is 0 Å². The lowest BCUT2D eigenvalue weighted by molar-refractivity contribution is 1.63. The van der Waals surface area contributed by atoms with Gasteiger partial charge in [-0.3, -0.25) is 0 Å². The zero-order valence-electron chi connectivity index (χ0n) is 17.5. The Balaban J connectivity index is 1.69. The summed E-state index contributed by atoms with van der Waals surface area (Å²) in [6, 6.07) is 46.4. The molecule has 5 aromatic rings. The van der Waals surface area contributed by atoms with Crippen molar-refractivity contribution in [3.8, 4) is 22.3 Å². The van der Waals surface area contributed by atoms with Gasteiger partial charge in [0.25, 0.3) is 0 Å². The van der Waals surface area contributed by atoms with Crippen LogP contribution in [0.3, 0.4) is 0 Å². The zero-order valence-corrected chi connectivity index (χ0v) is 19.3. The largest absolute Gasteiger partial charge is 0.180 e. The van der Waals surface area contributed by atoms with Crippen LogP contribution < -0.4 is 20.7 Å². The molecule has 0 radical (unpaired) electrons. The van der Waals surface area contributed by atoms with Crippen LogP contribution in [-0.4, -0.2) is 8.07 Å². The van der Waals surface area contributed by atoms with Crippen LogP contribution in [0.5, 0.6) is 0 Å². The third-order valence-corrected chi connectivity index (χ3v) is 11.8. The Labute approximate surface area is 194 Å². The summed E-state index contributed by atoms with van der Waals surface area (Å²) in [4.78, 5) is 0. The molecule has 32 heavy (non-hydrogen) atoms. The second kappa shape index (κ2) is 7.63. The highest BCUT2D eigenvalue weighted by Crippen LogP contribution is 2.32. The SMILES string of the molecule is Clc1ccc(-c2ccc3c(c2)-c2ccccc2[Si]3(c2ccccc2)c2ccccc2)cc1. The lowest BCUT2D eigenvalue weighted by Gasteiger charge is -2.31. The van der Waals surface area contributed by atoms with Crippen LogP contribution in [0.25, 0.3) is 22.3 Å². The van der Waals surface area contributed by atoms with E-state index >= 15 is 0 Å². The Kier molecular flexibility index (Phi) is 4.60. The number of rotatable bonds is 3. The average molecular weight is 445 g/mol. The summed E-state index contributed by atoms with van der Waals surface area (Å²) in [5.41, 5.74) is 5.12. The normalized spacial score (nSPS) is 13.4. The molecular formula is C30H21ClSi. The van der Waals surface area contributed by atoms with Gasteiger partial charge in [-0.05, 0) is 61.2 Å². The van der Waals surface area contributed by atoms with E-state index < -0.39 is 8.07 Å². The minimum absolute atomic E-state index is 0.764. The van der Waals surface area contributed by atoms with E-state index in [9.17, 15) is 0 Å². The maximum atomic E-state index is 6.14. The highest BCUT2D eigenvalue weighted by molar-refractivity contribution is 7.22. The van der Waals surface area contributed by atoms with E-state index in [2.05, 4.69) is 115 Å².